The molecule has 0 spiro atoms. The zero-order valence-corrected chi connectivity index (χ0v) is 21.4. The molecule has 0 saturated heterocycles. The van der Waals surface area contributed by atoms with Crippen molar-refractivity contribution >= 4 is 16.8 Å². The zero-order valence-electron chi connectivity index (χ0n) is 21.4. The lowest BCUT2D eigenvalue weighted by Gasteiger charge is -2.55. The van der Waals surface area contributed by atoms with Gasteiger partial charge in [-0.2, -0.15) is 0 Å². The van der Waals surface area contributed by atoms with E-state index in [9.17, 15) is 9.90 Å². The highest BCUT2D eigenvalue weighted by Gasteiger charge is 2.51. The molecule has 0 radical (unpaired) electrons. The van der Waals surface area contributed by atoms with E-state index in [2.05, 4.69) is 56.7 Å². The van der Waals surface area contributed by atoms with Crippen LogP contribution < -0.4 is 5.32 Å². The van der Waals surface area contributed by atoms with Gasteiger partial charge in [0.15, 0.2) is 0 Å². The lowest BCUT2D eigenvalue weighted by molar-refractivity contribution is -0.116. The molecule has 34 heavy (non-hydrogen) atoms. The molecule has 2 aliphatic rings. The summed E-state index contributed by atoms with van der Waals surface area (Å²) in [6.07, 6.45) is 9.45. The standard InChI is InChI=1S/C30H42N2O2/c1-19(16-28(34)31-15-14-22-18-32-26-9-7-6-8-24(22)26)10-12-23-20(2)11-13-25-29(23)21(3)17-27(33)30(25,4)5/h6-9,16,18,21,23,25,27,29,32-33H,2,10-15,17H2,1,3-5H3,(H,31,34)/b19-16+. The summed E-state index contributed by atoms with van der Waals surface area (Å²) in [6.45, 7) is 14.0. The predicted octanol–water partition coefficient (Wildman–Crippen LogP) is 6.18. The molecule has 3 N–H and O–H groups in total. The molecule has 2 aromatic rings. The number of rotatable bonds is 7. The van der Waals surface area contributed by atoms with Crippen LogP contribution in [0.25, 0.3) is 10.9 Å². The summed E-state index contributed by atoms with van der Waals surface area (Å²) < 4.78 is 0. The number of fused-ring (bicyclic) bond motifs is 2. The fourth-order valence-corrected chi connectivity index (χ4v) is 6.78. The molecule has 0 bridgehead atoms. The second kappa shape index (κ2) is 10.1. The molecular formula is C30H42N2O2. The molecule has 1 amide bonds. The lowest BCUT2D eigenvalue weighted by Crippen LogP contribution is -2.52. The van der Waals surface area contributed by atoms with Gasteiger partial charge in [-0.3, -0.25) is 4.79 Å². The van der Waals surface area contributed by atoms with Crippen LogP contribution in [-0.4, -0.2) is 28.6 Å². The Hall–Kier alpha value is -2.33. The van der Waals surface area contributed by atoms with Crippen LogP contribution in [0.1, 0.15) is 65.4 Å². The Bertz CT molecular complexity index is 1060. The lowest BCUT2D eigenvalue weighted by atomic mass is 9.50. The van der Waals surface area contributed by atoms with Crippen LogP contribution in [0.5, 0.6) is 0 Å². The van der Waals surface area contributed by atoms with Crippen LogP contribution in [0.2, 0.25) is 0 Å². The van der Waals surface area contributed by atoms with Crippen LogP contribution in [0, 0.1) is 29.1 Å². The number of benzene rings is 1. The topological polar surface area (TPSA) is 65.1 Å². The second-order valence-electron chi connectivity index (χ2n) is 11.5. The summed E-state index contributed by atoms with van der Waals surface area (Å²) >= 11 is 0. The smallest absolute Gasteiger partial charge is 0.243 e. The quantitative estimate of drug-likeness (QED) is 0.340. The summed E-state index contributed by atoms with van der Waals surface area (Å²) in [5.41, 5.74) is 4.83. The van der Waals surface area contributed by atoms with Crippen molar-refractivity contribution in [3.8, 4) is 0 Å². The summed E-state index contributed by atoms with van der Waals surface area (Å²) in [4.78, 5) is 15.8. The van der Waals surface area contributed by atoms with E-state index in [4.69, 9.17) is 0 Å². The molecule has 4 rings (SSSR count). The molecule has 1 aromatic carbocycles. The van der Waals surface area contributed by atoms with Gasteiger partial charge in [0.2, 0.25) is 5.91 Å². The van der Waals surface area contributed by atoms with Crippen molar-refractivity contribution in [2.45, 2.75) is 72.3 Å². The number of amides is 1. The van der Waals surface area contributed by atoms with Crippen molar-refractivity contribution in [3.05, 3.63) is 59.8 Å². The Labute approximate surface area is 204 Å². The van der Waals surface area contributed by atoms with Gasteiger partial charge in [-0.25, -0.2) is 0 Å². The van der Waals surface area contributed by atoms with Crippen molar-refractivity contribution in [2.75, 3.05) is 6.54 Å². The molecule has 5 unspecified atom stereocenters. The van der Waals surface area contributed by atoms with E-state index in [0.717, 1.165) is 49.6 Å². The van der Waals surface area contributed by atoms with Gasteiger partial charge in [-0.1, -0.05) is 56.7 Å². The molecule has 0 aliphatic heterocycles. The number of allylic oxidation sites excluding steroid dienone is 2. The van der Waals surface area contributed by atoms with Crippen molar-refractivity contribution in [2.24, 2.45) is 29.1 Å². The average molecular weight is 463 g/mol. The Balaban J connectivity index is 1.31. The van der Waals surface area contributed by atoms with Gasteiger partial charge in [0, 0.05) is 29.7 Å². The monoisotopic (exact) mass is 462 g/mol. The number of H-pyrrole nitrogens is 1. The summed E-state index contributed by atoms with van der Waals surface area (Å²) in [5.74, 6) is 2.10. The third-order valence-electron chi connectivity index (χ3n) is 8.89. The van der Waals surface area contributed by atoms with Gasteiger partial charge < -0.3 is 15.4 Å². The van der Waals surface area contributed by atoms with Crippen molar-refractivity contribution in [3.63, 3.8) is 0 Å². The van der Waals surface area contributed by atoms with Crippen LogP contribution in [0.15, 0.2) is 54.3 Å². The number of aromatic amines is 1. The third kappa shape index (κ3) is 5.02. The van der Waals surface area contributed by atoms with Gasteiger partial charge in [-0.15, -0.1) is 0 Å². The Morgan fingerprint density at radius 2 is 2.09 bits per heavy atom. The predicted molar refractivity (Wildman–Crippen MR) is 140 cm³/mol. The fraction of sp³-hybridized carbons (Fsp3) is 0.567. The first kappa shape index (κ1) is 24.8. The number of hydrogen-bond acceptors (Lipinski definition) is 2. The van der Waals surface area contributed by atoms with E-state index >= 15 is 0 Å². The van der Waals surface area contributed by atoms with Crippen LogP contribution >= 0.6 is 0 Å². The number of hydrogen-bond donors (Lipinski definition) is 3. The maximum atomic E-state index is 12.5. The minimum Gasteiger partial charge on any atom is -0.393 e. The molecule has 2 fully saturated rings. The minimum atomic E-state index is -0.217. The van der Waals surface area contributed by atoms with Crippen LogP contribution in [0.3, 0.4) is 0 Å². The Kier molecular flexibility index (Phi) is 7.37. The number of aromatic nitrogens is 1. The van der Waals surface area contributed by atoms with Gasteiger partial charge >= 0.3 is 0 Å². The molecule has 2 saturated carbocycles. The van der Waals surface area contributed by atoms with Crippen molar-refractivity contribution in [1.82, 2.24) is 10.3 Å². The highest BCUT2D eigenvalue weighted by Crippen LogP contribution is 2.56. The second-order valence-corrected chi connectivity index (χ2v) is 11.5. The number of aliphatic hydroxyl groups is 1. The number of aliphatic hydroxyl groups excluding tert-OH is 1. The first-order valence-corrected chi connectivity index (χ1v) is 13.0. The molecule has 4 heteroatoms. The van der Waals surface area contributed by atoms with E-state index < -0.39 is 0 Å². The molecular weight excluding hydrogens is 420 g/mol. The maximum Gasteiger partial charge on any atom is 0.243 e. The van der Waals surface area contributed by atoms with Crippen LogP contribution in [-0.2, 0) is 11.2 Å². The van der Waals surface area contributed by atoms with Crippen LogP contribution in [0.4, 0.5) is 0 Å². The first-order valence-electron chi connectivity index (χ1n) is 13.0. The molecule has 1 aromatic heterocycles. The average Bonchev–Trinajstić information content (AvgIpc) is 3.20. The first-order chi connectivity index (χ1) is 16.2. The SMILES string of the molecule is C=C1CCC2C(C(C)CC(O)C2(C)C)C1CC/C(C)=C/C(=O)NCCc1c[nH]c2ccccc12. The van der Waals surface area contributed by atoms with E-state index in [1.165, 1.54) is 16.5 Å². The summed E-state index contributed by atoms with van der Waals surface area (Å²) in [7, 11) is 0. The maximum absolute atomic E-state index is 12.5. The van der Waals surface area contributed by atoms with E-state index in [1.54, 1.807) is 6.08 Å². The van der Waals surface area contributed by atoms with E-state index in [-0.39, 0.29) is 17.4 Å². The molecule has 1 heterocycles. The molecule has 2 aliphatic carbocycles. The van der Waals surface area contributed by atoms with E-state index in [1.807, 2.05) is 18.3 Å². The normalized spacial score (nSPS) is 29.1. The minimum absolute atomic E-state index is 0.00650. The van der Waals surface area contributed by atoms with Gasteiger partial charge in [0.05, 0.1) is 6.10 Å². The number of carbonyl (C=O) groups excluding carboxylic acids is 1. The largest absolute Gasteiger partial charge is 0.393 e. The van der Waals surface area contributed by atoms with Gasteiger partial charge in [0.25, 0.3) is 0 Å². The highest BCUT2D eigenvalue weighted by molar-refractivity contribution is 5.88. The molecule has 5 atom stereocenters. The summed E-state index contributed by atoms with van der Waals surface area (Å²) in [6, 6.07) is 8.26. The number of para-hydroxylation sites is 1. The number of nitrogens with one attached hydrogen (secondary N) is 2. The van der Waals surface area contributed by atoms with Gasteiger partial charge in [0.1, 0.15) is 0 Å². The molecule has 184 valence electrons. The summed E-state index contributed by atoms with van der Waals surface area (Å²) in [5, 5.41) is 15.0. The zero-order chi connectivity index (χ0) is 24.5. The third-order valence-corrected chi connectivity index (χ3v) is 8.89. The fourth-order valence-electron chi connectivity index (χ4n) is 6.78. The Morgan fingerprint density at radius 3 is 2.88 bits per heavy atom. The van der Waals surface area contributed by atoms with Gasteiger partial charge in [-0.05, 0) is 86.2 Å². The number of carbonyl (C=O) groups is 1. The Morgan fingerprint density at radius 1 is 1.32 bits per heavy atom. The molecule has 4 nitrogen and oxygen atoms in total. The van der Waals surface area contributed by atoms with Crippen molar-refractivity contribution in [1.29, 1.82) is 0 Å². The van der Waals surface area contributed by atoms with Crippen molar-refractivity contribution < 1.29 is 9.90 Å². The van der Waals surface area contributed by atoms with E-state index in [0.29, 0.717) is 30.2 Å². The highest BCUT2D eigenvalue weighted by atomic mass is 16.3.